The summed E-state index contributed by atoms with van der Waals surface area (Å²) in [6.45, 7) is 1.90. The zero-order valence-corrected chi connectivity index (χ0v) is 16.7. The molecule has 0 saturated heterocycles. The second-order valence-electron chi connectivity index (χ2n) is 8.22. The highest BCUT2D eigenvalue weighted by atomic mass is 35.5. The van der Waals surface area contributed by atoms with Gasteiger partial charge in [0, 0.05) is 17.7 Å². The quantitative estimate of drug-likeness (QED) is 0.329. The molecule has 0 heterocycles. The van der Waals surface area contributed by atoms with Crippen molar-refractivity contribution < 1.29 is 20.1 Å². The van der Waals surface area contributed by atoms with E-state index in [9.17, 15) is 15.0 Å². The van der Waals surface area contributed by atoms with Crippen LogP contribution in [-0.2, 0) is 4.79 Å². The molecule has 0 aliphatic heterocycles. The maximum atomic E-state index is 10.4. The predicted molar refractivity (Wildman–Crippen MR) is 104 cm³/mol. The molecule has 0 amide bonds. The van der Waals surface area contributed by atoms with Gasteiger partial charge in [-0.3, -0.25) is 4.79 Å². The Morgan fingerprint density at radius 2 is 1.92 bits per heavy atom. The number of allylic oxidation sites excluding steroid dienone is 2. The third kappa shape index (κ3) is 6.54. The first-order valence-electron chi connectivity index (χ1n) is 10.3. The summed E-state index contributed by atoms with van der Waals surface area (Å²) in [5.74, 6) is 1.57. The van der Waals surface area contributed by atoms with Crippen LogP contribution in [0.4, 0.5) is 0 Å². The normalized spacial score (nSPS) is 36.5. The van der Waals surface area contributed by atoms with E-state index in [-0.39, 0.29) is 23.6 Å². The Bertz CT molecular complexity index is 455. The van der Waals surface area contributed by atoms with Gasteiger partial charge in [0.25, 0.3) is 0 Å². The standard InChI is InChI=1S/C15H25ClO4.C6H10/c1-2-12(17)15-10(11(16)9-13(15)18)7-5-3-4-6-8-14(19)20;1-2-5-4-6(5)3-1/h3,5,10-13,15,17-18H,2,4,6-9H2,1H3,(H,19,20);5-6H,1-4H2/t10-,11+,12?,13+,15+;/m0./s1. The lowest BCUT2D eigenvalue weighted by molar-refractivity contribution is -0.137. The Morgan fingerprint density at radius 3 is 2.42 bits per heavy atom. The van der Waals surface area contributed by atoms with Crippen LogP contribution >= 0.6 is 11.6 Å². The Balaban J connectivity index is 0.000000331. The maximum absolute atomic E-state index is 10.4. The Kier molecular flexibility index (Phi) is 8.92. The summed E-state index contributed by atoms with van der Waals surface area (Å²) in [6, 6.07) is 0. The first kappa shape index (κ1) is 21.7. The zero-order valence-electron chi connectivity index (χ0n) is 15.9. The van der Waals surface area contributed by atoms with E-state index in [1.807, 2.05) is 19.1 Å². The number of carboxylic acid groups (broad SMARTS) is 1. The van der Waals surface area contributed by atoms with Gasteiger partial charge in [0.1, 0.15) is 0 Å². The number of carboxylic acids is 1. The van der Waals surface area contributed by atoms with Crippen LogP contribution in [0.1, 0.15) is 71.1 Å². The number of fused-ring (bicyclic) bond motifs is 1. The van der Waals surface area contributed by atoms with Crippen LogP contribution in [0.25, 0.3) is 0 Å². The smallest absolute Gasteiger partial charge is 0.303 e. The molecule has 150 valence electrons. The van der Waals surface area contributed by atoms with Crippen molar-refractivity contribution in [3.8, 4) is 0 Å². The highest BCUT2D eigenvalue weighted by Crippen LogP contribution is 2.51. The zero-order chi connectivity index (χ0) is 19.1. The number of hydrogen-bond donors (Lipinski definition) is 3. The van der Waals surface area contributed by atoms with Gasteiger partial charge in [0.15, 0.2) is 0 Å². The molecule has 0 radical (unpaired) electrons. The minimum Gasteiger partial charge on any atom is -0.481 e. The molecule has 3 aliphatic carbocycles. The number of alkyl halides is 1. The van der Waals surface area contributed by atoms with Crippen LogP contribution < -0.4 is 0 Å². The summed E-state index contributed by atoms with van der Waals surface area (Å²) in [5.41, 5.74) is 0. The number of aliphatic hydroxyl groups excluding tert-OH is 2. The van der Waals surface area contributed by atoms with Gasteiger partial charge in [-0.2, -0.15) is 0 Å². The van der Waals surface area contributed by atoms with E-state index < -0.39 is 18.2 Å². The van der Waals surface area contributed by atoms with Gasteiger partial charge < -0.3 is 15.3 Å². The molecule has 5 heteroatoms. The predicted octanol–water partition coefficient (Wildman–Crippen LogP) is 4.37. The number of aliphatic hydroxyl groups is 2. The molecule has 3 fully saturated rings. The van der Waals surface area contributed by atoms with Crippen molar-refractivity contribution in [1.82, 2.24) is 0 Å². The summed E-state index contributed by atoms with van der Waals surface area (Å²) >= 11 is 6.27. The first-order chi connectivity index (χ1) is 12.4. The molecule has 0 aromatic rings. The van der Waals surface area contributed by atoms with E-state index in [1.54, 1.807) is 19.3 Å². The molecule has 4 nitrogen and oxygen atoms in total. The Hall–Kier alpha value is -0.580. The van der Waals surface area contributed by atoms with Crippen LogP contribution in [-0.4, -0.2) is 38.9 Å². The van der Waals surface area contributed by atoms with Gasteiger partial charge >= 0.3 is 5.97 Å². The minimum atomic E-state index is -0.774. The number of aliphatic carboxylic acids is 1. The molecule has 0 spiro atoms. The van der Waals surface area contributed by atoms with Crippen LogP contribution in [0.3, 0.4) is 0 Å². The SMILES string of the molecule is C1CC2CC2C1.CCC(O)[C@H]1[C@@H](CC=CCCCC(=O)O)[C@H](Cl)C[C@H]1O. The molecule has 3 N–H and O–H groups in total. The van der Waals surface area contributed by atoms with Crippen LogP contribution in [0.2, 0.25) is 0 Å². The molecular weight excluding hydrogens is 352 g/mol. The van der Waals surface area contributed by atoms with Crippen molar-refractivity contribution in [3.63, 3.8) is 0 Å². The summed E-state index contributed by atoms with van der Waals surface area (Å²) in [4.78, 5) is 10.4. The Morgan fingerprint density at radius 1 is 1.23 bits per heavy atom. The maximum Gasteiger partial charge on any atom is 0.303 e. The largest absolute Gasteiger partial charge is 0.481 e. The van der Waals surface area contributed by atoms with Gasteiger partial charge in [-0.1, -0.05) is 38.3 Å². The monoisotopic (exact) mass is 386 g/mol. The van der Waals surface area contributed by atoms with Gasteiger partial charge in [0.05, 0.1) is 12.2 Å². The molecule has 26 heavy (non-hydrogen) atoms. The molecular formula is C21H35ClO4. The topological polar surface area (TPSA) is 77.8 Å². The van der Waals surface area contributed by atoms with Crippen LogP contribution in [0.15, 0.2) is 12.2 Å². The number of unbranched alkanes of at least 4 members (excludes halogenated alkanes) is 1. The average molecular weight is 387 g/mol. The highest BCUT2D eigenvalue weighted by molar-refractivity contribution is 6.21. The van der Waals surface area contributed by atoms with Crippen molar-refractivity contribution in [3.05, 3.63) is 12.2 Å². The summed E-state index contributed by atoms with van der Waals surface area (Å²) in [6.07, 6.45) is 12.6. The first-order valence-corrected chi connectivity index (χ1v) is 10.7. The van der Waals surface area contributed by atoms with Crippen LogP contribution in [0, 0.1) is 23.7 Å². The highest BCUT2D eigenvalue weighted by Gasteiger charge is 2.44. The summed E-state index contributed by atoms with van der Waals surface area (Å²) in [5, 5.41) is 28.4. The number of halogens is 1. The van der Waals surface area contributed by atoms with E-state index in [0.717, 1.165) is 12.8 Å². The van der Waals surface area contributed by atoms with Gasteiger partial charge in [0.2, 0.25) is 0 Å². The van der Waals surface area contributed by atoms with Crippen molar-refractivity contribution in [2.75, 3.05) is 0 Å². The van der Waals surface area contributed by atoms with E-state index in [0.29, 0.717) is 19.3 Å². The molecule has 3 aliphatic rings. The van der Waals surface area contributed by atoms with Crippen molar-refractivity contribution in [2.45, 2.75) is 88.7 Å². The van der Waals surface area contributed by atoms with E-state index in [1.165, 1.54) is 18.3 Å². The van der Waals surface area contributed by atoms with Crippen molar-refractivity contribution >= 4 is 17.6 Å². The van der Waals surface area contributed by atoms with Crippen LogP contribution in [0.5, 0.6) is 0 Å². The number of hydrogen-bond acceptors (Lipinski definition) is 3. The number of rotatable bonds is 8. The van der Waals surface area contributed by atoms with E-state index in [4.69, 9.17) is 16.7 Å². The summed E-state index contributed by atoms with van der Waals surface area (Å²) in [7, 11) is 0. The van der Waals surface area contributed by atoms with Gasteiger partial charge in [-0.15, -0.1) is 11.6 Å². The minimum absolute atomic E-state index is 0.0809. The van der Waals surface area contributed by atoms with Gasteiger partial charge in [-0.25, -0.2) is 0 Å². The van der Waals surface area contributed by atoms with E-state index in [2.05, 4.69) is 0 Å². The average Bonchev–Trinajstić information content (AvgIpc) is 3.09. The molecule has 7 atom stereocenters. The molecule has 0 aromatic heterocycles. The van der Waals surface area contributed by atoms with E-state index >= 15 is 0 Å². The molecule has 0 aromatic carbocycles. The fourth-order valence-corrected chi connectivity index (χ4v) is 5.06. The molecule has 3 saturated carbocycles. The Labute approximate surface area is 162 Å². The second kappa shape index (κ2) is 10.7. The van der Waals surface area contributed by atoms with Gasteiger partial charge in [-0.05, 0) is 56.3 Å². The summed E-state index contributed by atoms with van der Waals surface area (Å²) < 4.78 is 0. The number of carbonyl (C=O) groups is 1. The lowest BCUT2D eigenvalue weighted by atomic mass is 9.85. The third-order valence-corrected chi connectivity index (χ3v) is 6.79. The second-order valence-corrected chi connectivity index (χ2v) is 8.78. The lowest BCUT2D eigenvalue weighted by Gasteiger charge is -2.26. The fourth-order valence-electron chi connectivity index (χ4n) is 4.61. The third-order valence-electron chi connectivity index (χ3n) is 6.29. The lowest BCUT2D eigenvalue weighted by Crippen LogP contribution is -2.32. The molecule has 3 rings (SSSR count). The fraction of sp³-hybridized carbons (Fsp3) is 0.857. The van der Waals surface area contributed by atoms with Crippen molar-refractivity contribution in [1.29, 1.82) is 0 Å². The molecule has 0 bridgehead atoms. The molecule has 3 unspecified atom stereocenters. The van der Waals surface area contributed by atoms with Crippen molar-refractivity contribution in [2.24, 2.45) is 23.7 Å².